The molecule has 2 aliphatic heterocycles. The van der Waals surface area contributed by atoms with Gasteiger partial charge < -0.3 is 14.9 Å². The van der Waals surface area contributed by atoms with Crippen LogP contribution in [0.4, 0.5) is 13.2 Å². The molecule has 2 aliphatic rings. The molecule has 47 heavy (non-hydrogen) atoms. The Morgan fingerprint density at radius 3 is 2.36 bits per heavy atom. The molecule has 0 saturated heterocycles. The number of nitrogens with zero attached hydrogens (tertiary/aromatic N) is 2. The van der Waals surface area contributed by atoms with Gasteiger partial charge in [-0.1, -0.05) is 42.5 Å². The molecule has 3 aromatic carbocycles. The van der Waals surface area contributed by atoms with Crippen LogP contribution in [0.15, 0.2) is 60.7 Å². The number of hydrogen-bond donors (Lipinski definition) is 2. The average molecular weight is 647 g/mol. The number of halogens is 3. The van der Waals surface area contributed by atoms with Crippen molar-refractivity contribution in [1.82, 2.24) is 9.88 Å². The van der Waals surface area contributed by atoms with Crippen LogP contribution < -0.4 is 4.74 Å². The summed E-state index contributed by atoms with van der Waals surface area (Å²) in [5, 5.41) is 18.3. The van der Waals surface area contributed by atoms with Gasteiger partial charge in [-0.25, -0.2) is 13.2 Å². The van der Waals surface area contributed by atoms with Crippen molar-refractivity contribution in [1.29, 1.82) is 0 Å². The Morgan fingerprint density at radius 1 is 0.979 bits per heavy atom. The highest BCUT2D eigenvalue weighted by Crippen LogP contribution is 2.46. The molecule has 4 aromatic rings. The maximum Gasteiger partial charge on any atom is 0.307 e. The Balaban J connectivity index is 0.000000807. The molecule has 6 rings (SSSR count). The van der Waals surface area contributed by atoms with Crippen LogP contribution in [0.5, 0.6) is 5.75 Å². The Bertz CT molecular complexity index is 1790. The molecule has 3 heterocycles. The van der Waals surface area contributed by atoms with Gasteiger partial charge >= 0.3 is 5.97 Å². The number of rotatable bonds is 6. The second-order valence-corrected chi connectivity index (χ2v) is 13.3. The van der Waals surface area contributed by atoms with Gasteiger partial charge in [-0.3, -0.25) is 14.7 Å². The molecule has 0 spiro atoms. The number of carbonyl (C=O) groups is 1. The van der Waals surface area contributed by atoms with E-state index >= 15 is 0 Å². The van der Waals surface area contributed by atoms with Gasteiger partial charge in [0.1, 0.15) is 11.6 Å². The van der Waals surface area contributed by atoms with Crippen LogP contribution >= 0.6 is 0 Å². The van der Waals surface area contributed by atoms with Crippen molar-refractivity contribution in [3.05, 3.63) is 106 Å². The molecule has 0 atom stereocenters. The van der Waals surface area contributed by atoms with Gasteiger partial charge in [0.2, 0.25) is 0 Å². The molecule has 0 saturated carbocycles. The number of pyridine rings is 1. The minimum atomic E-state index is -3.05. The van der Waals surface area contributed by atoms with Crippen molar-refractivity contribution in [3.63, 3.8) is 0 Å². The lowest BCUT2D eigenvalue weighted by atomic mass is 9.85. The Morgan fingerprint density at radius 2 is 1.66 bits per heavy atom. The van der Waals surface area contributed by atoms with Crippen molar-refractivity contribution in [2.75, 3.05) is 13.2 Å². The summed E-state index contributed by atoms with van der Waals surface area (Å²) in [6.07, 6.45) is 0.0580. The first-order valence-electron chi connectivity index (χ1n) is 15.8. The number of benzene rings is 3. The molecule has 0 bridgehead atoms. The van der Waals surface area contributed by atoms with E-state index < -0.39 is 23.9 Å². The van der Waals surface area contributed by atoms with E-state index in [9.17, 15) is 23.1 Å². The normalized spacial score (nSPS) is 15.5. The fourth-order valence-electron chi connectivity index (χ4n) is 6.22. The zero-order valence-corrected chi connectivity index (χ0v) is 27.5. The number of alkyl halides is 2. The summed E-state index contributed by atoms with van der Waals surface area (Å²) in [5.41, 5.74) is 6.68. The lowest BCUT2D eigenvalue weighted by molar-refractivity contribution is -0.136. The van der Waals surface area contributed by atoms with Crippen molar-refractivity contribution in [2.24, 2.45) is 0 Å². The Kier molecular flexibility index (Phi) is 9.80. The molecule has 6 nitrogen and oxygen atoms in total. The fraction of sp³-hybridized carbons (Fsp3) is 0.368. The first-order valence-corrected chi connectivity index (χ1v) is 15.8. The molecule has 0 fully saturated rings. The monoisotopic (exact) mass is 646 g/mol. The summed E-state index contributed by atoms with van der Waals surface area (Å²) in [4.78, 5) is 18.9. The number of aliphatic carboxylic acids is 1. The predicted octanol–water partition coefficient (Wildman–Crippen LogP) is 8.01. The second-order valence-electron chi connectivity index (χ2n) is 13.3. The first-order chi connectivity index (χ1) is 22.1. The third-order valence-electron chi connectivity index (χ3n) is 8.29. The number of carboxylic acid groups (broad SMARTS) is 1. The number of aryl methyl sites for hydroxylation is 2. The highest BCUT2D eigenvalue weighted by atomic mass is 19.3. The van der Waals surface area contributed by atoms with Crippen LogP contribution in [0.2, 0.25) is 0 Å². The Labute approximate surface area is 273 Å². The SMILES string of the molecule is CC(C)(C)O.Cc1nc(C)c(-c2ccc3c(c2)CCN(Cc2ccccc2F)C3)c(-c2ccc3c(c2)C(F)(F)CCO3)c1CC(=O)O. The van der Waals surface area contributed by atoms with Crippen molar-refractivity contribution in [3.8, 4) is 28.0 Å². The Hall–Kier alpha value is -4.21. The summed E-state index contributed by atoms with van der Waals surface area (Å²) >= 11 is 0. The van der Waals surface area contributed by atoms with Crippen LogP contribution in [0.25, 0.3) is 22.3 Å². The molecular formula is C38H41F3N2O4. The van der Waals surface area contributed by atoms with E-state index in [1.54, 1.807) is 52.0 Å². The number of aliphatic hydroxyl groups is 1. The molecule has 0 amide bonds. The van der Waals surface area contributed by atoms with E-state index in [-0.39, 0.29) is 30.2 Å². The summed E-state index contributed by atoms with van der Waals surface area (Å²) in [6, 6.07) is 17.7. The van der Waals surface area contributed by atoms with Crippen LogP contribution in [0.3, 0.4) is 0 Å². The van der Waals surface area contributed by atoms with Crippen molar-refractivity contribution in [2.45, 2.75) is 78.5 Å². The third-order valence-corrected chi connectivity index (χ3v) is 8.29. The molecular weight excluding hydrogens is 605 g/mol. The van der Waals surface area contributed by atoms with Crippen LogP contribution in [0, 0.1) is 19.7 Å². The predicted molar refractivity (Wildman–Crippen MR) is 176 cm³/mol. The van der Waals surface area contributed by atoms with Gasteiger partial charge in [-0.05, 0) is 92.6 Å². The summed E-state index contributed by atoms with van der Waals surface area (Å²) in [5.74, 6) is -4.14. The van der Waals surface area contributed by atoms with E-state index in [0.29, 0.717) is 46.7 Å². The molecule has 248 valence electrons. The van der Waals surface area contributed by atoms with Crippen molar-refractivity contribution >= 4 is 5.97 Å². The van der Waals surface area contributed by atoms with Gasteiger partial charge in [0, 0.05) is 42.1 Å². The van der Waals surface area contributed by atoms with Gasteiger partial charge in [0.25, 0.3) is 5.92 Å². The first kappa shape index (κ1) is 34.1. The van der Waals surface area contributed by atoms with E-state index in [0.717, 1.165) is 35.2 Å². The average Bonchev–Trinajstić information content (AvgIpc) is 2.98. The molecule has 9 heteroatoms. The van der Waals surface area contributed by atoms with Crippen LogP contribution in [0.1, 0.15) is 66.4 Å². The maximum atomic E-state index is 15.0. The molecule has 2 N–H and O–H groups in total. The van der Waals surface area contributed by atoms with E-state index in [1.165, 1.54) is 12.1 Å². The largest absolute Gasteiger partial charge is 0.493 e. The third kappa shape index (κ3) is 8.03. The number of fused-ring (bicyclic) bond motifs is 2. The summed E-state index contributed by atoms with van der Waals surface area (Å²) < 4.78 is 49.7. The number of ether oxygens (including phenoxy) is 1. The zero-order chi connectivity index (χ0) is 34.1. The molecule has 0 radical (unpaired) electrons. The standard InChI is InChI=1S/C34H31F3N2O3.C4H10O/c1-20-27(17-31(40)41)33(24-9-10-30-28(16-24)34(36,37)12-14-42-30)32(21(2)38-20)23-7-8-25-18-39(13-11-22(25)15-23)19-26-5-3-4-6-29(26)35;1-4(2,3)5/h3-10,15-16H,11-14,17-19H2,1-2H3,(H,40,41);5H,1-3H3. The quantitative estimate of drug-likeness (QED) is 0.221. The van der Waals surface area contributed by atoms with E-state index in [2.05, 4.69) is 11.0 Å². The van der Waals surface area contributed by atoms with Crippen LogP contribution in [-0.2, 0) is 36.6 Å². The fourth-order valence-corrected chi connectivity index (χ4v) is 6.22. The molecule has 0 unspecified atom stereocenters. The smallest absolute Gasteiger partial charge is 0.307 e. The van der Waals surface area contributed by atoms with Crippen molar-refractivity contribution < 1.29 is 32.9 Å². The van der Waals surface area contributed by atoms with Gasteiger partial charge in [-0.15, -0.1) is 0 Å². The zero-order valence-electron chi connectivity index (χ0n) is 27.5. The van der Waals surface area contributed by atoms with Gasteiger partial charge in [0.05, 0.1) is 30.6 Å². The van der Waals surface area contributed by atoms with Gasteiger partial charge in [-0.2, -0.15) is 0 Å². The molecule has 1 aromatic heterocycles. The van der Waals surface area contributed by atoms with Crippen LogP contribution in [-0.4, -0.2) is 44.8 Å². The van der Waals surface area contributed by atoms with E-state index in [4.69, 9.17) is 14.8 Å². The lowest BCUT2D eigenvalue weighted by Gasteiger charge is -2.30. The lowest BCUT2D eigenvalue weighted by Crippen LogP contribution is -2.30. The number of aromatic nitrogens is 1. The minimum Gasteiger partial charge on any atom is -0.493 e. The molecule has 0 aliphatic carbocycles. The number of hydrogen-bond acceptors (Lipinski definition) is 5. The minimum absolute atomic E-state index is 0.0603. The summed E-state index contributed by atoms with van der Waals surface area (Å²) in [7, 11) is 0. The second kappa shape index (κ2) is 13.5. The highest BCUT2D eigenvalue weighted by molar-refractivity contribution is 5.90. The van der Waals surface area contributed by atoms with Gasteiger partial charge in [0.15, 0.2) is 0 Å². The maximum absolute atomic E-state index is 15.0. The summed E-state index contributed by atoms with van der Waals surface area (Å²) in [6.45, 7) is 10.7. The van der Waals surface area contributed by atoms with E-state index in [1.807, 2.05) is 25.1 Å². The highest BCUT2D eigenvalue weighted by Gasteiger charge is 2.38. The topological polar surface area (TPSA) is 82.9 Å². The number of carboxylic acids is 1.